The van der Waals surface area contributed by atoms with E-state index in [1.165, 1.54) is 25.9 Å². The Morgan fingerprint density at radius 2 is 1.62 bits per heavy atom. The van der Waals surface area contributed by atoms with Gasteiger partial charge in [0.05, 0.1) is 0 Å². The van der Waals surface area contributed by atoms with Crippen molar-refractivity contribution < 1.29 is 9.53 Å². The minimum absolute atomic E-state index is 0.0139. The van der Waals surface area contributed by atoms with Crippen LogP contribution in [-0.2, 0) is 0 Å². The summed E-state index contributed by atoms with van der Waals surface area (Å²) in [6, 6.07) is 17.3. The van der Waals surface area contributed by atoms with Crippen LogP contribution in [0.15, 0.2) is 54.6 Å². The summed E-state index contributed by atoms with van der Waals surface area (Å²) in [5.74, 6) is 2.18. The van der Waals surface area contributed by atoms with E-state index in [0.717, 1.165) is 18.0 Å². The van der Waals surface area contributed by atoms with Crippen LogP contribution in [0.3, 0.4) is 0 Å². The number of hydrogen-bond acceptors (Lipinski definition) is 3. The molecular formula is C20H22N2O2. The molecule has 3 aliphatic rings. The van der Waals surface area contributed by atoms with Crippen molar-refractivity contribution in [1.29, 1.82) is 0 Å². The number of para-hydroxylation sites is 1. The van der Waals surface area contributed by atoms with Gasteiger partial charge in [-0.3, -0.25) is 4.79 Å². The quantitative estimate of drug-likeness (QED) is 0.939. The van der Waals surface area contributed by atoms with Crippen molar-refractivity contribution in [2.45, 2.75) is 18.9 Å². The monoisotopic (exact) mass is 322 g/mol. The van der Waals surface area contributed by atoms with Gasteiger partial charge in [0, 0.05) is 18.2 Å². The van der Waals surface area contributed by atoms with Gasteiger partial charge in [-0.15, -0.1) is 0 Å². The number of piperidine rings is 3. The van der Waals surface area contributed by atoms with Crippen LogP contribution < -0.4 is 10.1 Å². The zero-order valence-corrected chi connectivity index (χ0v) is 13.7. The average Bonchev–Trinajstić information content (AvgIpc) is 2.64. The van der Waals surface area contributed by atoms with Crippen LogP contribution in [0.5, 0.6) is 11.5 Å². The van der Waals surface area contributed by atoms with E-state index in [9.17, 15) is 4.79 Å². The van der Waals surface area contributed by atoms with Crippen LogP contribution in [0.25, 0.3) is 0 Å². The first-order valence-electron chi connectivity index (χ1n) is 8.64. The Morgan fingerprint density at radius 1 is 0.958 bits per heavy atom. The molecule has 124 valence electrons. The summed E-state index contributed by atoms with van der Waals surface area (Å²) < 4.78 is 5.76. The van der Waals surface area contributed by atoms with E-state index in [0.29, 0.717) is 17.5 Å². The Kier molecular flexibility index (Phi) is 4.22. The van der Waals surface area contributed by atoms with Gasteiger partial charge in [0.1, 0.15) is 11.5 Å². The largest absolute Gasteiger partial charge is 0.457 e. The summed E-state index contributed by atoms with van der Waals surface area (Å²) in [5, 5.41) is 3.21. The second-order valence-electron chi connectivity index (χ2n) is 6.66. The number of nitrogens with one attached hydrogen (secondary N) is 1. The third-order valence-electron chi connectivity index (χ3n) is 5.07. The summed E-state index contributed by atoms with van der Waals surface area (Å²) in [5.41, 5.74) is 0.687. The smallest absolute Gasteiger partial charge is 0.251 e. The van der Waals surface area contributed by atoms with Crippen LogP contribution in [0.2, 0.25) is 0 Å². The highest BCUT2D eigenvalue weighted by Crippen LogP contribution is 2.28. The molecule has 3 aliphatic heterocycles. The Labute approximate surface area is 142 Å². The predicted molar refractivity (Wildman–Crippen MR) is 93.4 cm³/mol. The minimum atomic E-state index is 0.0139. The summed E-state index contributed by atoms with van der Waals surface area (Å²) in [6.45, 7) is 3.36. The first kappa shape index (κ1) is 15.2. The lowest BCUT2D eigenvalue weighted by Gasteiger charge is -2.44. The molecule has 1 atom stereocenters. The van der Waals surface area contributed by atoms with Gasteiger partial charge < -0.3 is 15.0 Å². The Balaban J connectivity index is 1.38. The van der Waals surface area contributed by atoms with E-state index in [-0.39, 0.29) is 5.91 Å². The van der Waals surface area contributed by atoms with Gasteiger partial charge in [-0.05, 0) is 68.2 Å². The van der Waals surface area contributed by atoms with E-state index in [4.69, 9.17) is 4.74 Å². The van der Waals surface area contributed by atoms with Crippen LogP contribution in [0.1, 0.15) is 23.2 Å². The molecule has 2 bridgehead atoms. The molecule has 4 nitrogen and oxygen atoms in total. The van der Waals surface area contributed by atoms with E-state index in [1.54, 1.807) is 0 Å². The first-order valence-corrected chi connectivity index (χ1v) is 8.64. The molecule has 0 spiro atoms. The molecule has 2 aromatic rings. The van der Waals surface area contributed by atoms with Gasteiger partial charge in [0.2, 0.25) is 0 Å². The van der Waals surface area contributed by atoms with Crippen molar-refractivity contribution >= 4 is 5.91 Å². The van der Waals surface area contributed by atoms with Gasteiger partial charge >= 0.3 is 0 Å². The third-order valence-corrected chi connectivity index (χ3v) is 5.07. The first-order chi connectivity index (χ1) is 11.8. The van der Waals surface area contributed by atoms with Crippen molar-refractivity contribution in [2.75, 3.05) is 19.6 Å². The number of hydrogen-bond donors (Lipinski definition) is 1. The molecule has 0 unspecified atom stereocenters. The molecule has 0 aliphatic carbocycles. The molecule has 3 fully saturated rings. The number of fused-ring (bicyclic) bond motifs is 3. The molecule has 24 heavy (non-hydrogen) atoms. The molecule has 1 amide bonds. The summed E-state index contributed by atoms with van der Waals surface area (Å²) in [6.07, 6.45) is 2.41. The lowest BCUT2D eigenvalue weighted by atomic mass is 9.84. The maximum atomic E-state index is 12.5. The lowest BCUT2D eigenvalue weighted by Crippen LogP contribution is -2.57. The highest BCUT2D eigenvalue weighted by molar-refractivity contribution is 5.94. The van der Waals surface area contributed by atoms with Gasteiger partial charge in [0.15, 0.2) is 0 Å². The van der Waals surface area contributed by atoms with Crippen LogP contribution >= 0.6 is 0 Å². The number of carbonyl (C=O) groups excluding carboxylic acids is 1. The van der Waals surface area contributed by atoms with Gasteiger partial charge in [-0.2, -0.15) is 0 Å². The van der Waals surface area contributed by atoms with Gasteiger partial charge in [0.25, 0.3) is 5.91 Å². The number of nitrogens with zero attached hydrogens (tertiary/aromatic N) is 1. The fourth-order valence-electron chi connectivity index (χ4n) is 3.68. The van der Waals surface area contributed by atoms with Gasteiger partial charge in [-0.1, -0.05) is 18.2 Å². The van der Waals surface area contributed by atoms with Crippen molar-refractivity contribution in [3.63, 3.8) is 0 Å². The van der Waals surface area contributed by atoms with Crippen molar-refractivity contribution in [3.8, 4) is 11.5 Å². The SMILES string of the molecule is O=C(N[C@H]1CN2CCC1CC2)c1ccc(Oc2ccccc2)cc1. The summed E-state index contributed by atoms with van der Waals surface area (Å²) in [7, 11) is 0. The highest BCUT2D eigenvalue weighted by Gasteiger charge is 2.34. The topological polar surface area (TPSA) is 41.6 Å². The predicted octanol–water partition coefficient (Wildman–Crippen LogP) is 3.30. The molecule has 3 heterocycles. The van der Waals surface area contributed by atoms with Crippen molar-refractivity contribution in [3.05, 3.63) is 60.2 Å². The van der Waals surface area contributed by atoms with Crippen molar-refractivity contribution in [2.24, 2.45) is 5.92 Å². The number of benzene rings is 2. The normalized spacial score (nSPS) is 25.2. The Hall–Kier alpha value is -2.33. The second kappa shape index (κ2) is 6.65. The Bertz CT molecular complexity index is 691. The molecule has 0 radical (unpaired) electrons. The van der Waals surface area contributed by atoms with Crippen molar-refractivity contribution in [1.82, 2.24) is 10.2 Å². The van der Waals surface area contributed by atoms with E-state index in [2.05, 4.69) is 10.2 Å². The fraction of sp³-hybridized carbons (Fsp3) is 0.350. The highest BCUT2D eigenvalue weighted by atomic mass is 16.5. The summed E-state index contributed by atoms with van der Waals surface area (Å²) in [4.78, 5) is 14.9. The number of ether oxygens (including phenoxy) is 1. The summed E-state index contributed by atoms with van der Waals surface area (Å²) >= 11 is 0. The second-order valence-corrected chi connectivity index (χ2v) is 6.66. The van der Waals surface area contributed by atoms with Crippen LogP contribution in [0, 0.1) is 5.92 Å². The molecule has 4 heteroatoms. The van der Waals surface area contributed by atoms with E-state index in [1.807, 2.05) is 54.6 Å². The number of rotatable bonds is 4. The minimum Gasteiger partial charge on any atom is -0.457 e. The van der Waals surface area contributed by atoms with Crippen LogP contribution in [-0.4, -0.2) is 36.5 Å². The molecule has 1 N–H and O–H groups in total. The molecule has 0 saturated carbocycles. The molecule has 0 aromatic heterocycles. The maximum Gasteiger partial charge on any atom is 0.251 e. The third kappa shape index (κ3) is 3.29. The molecular weight excluding hydrogens is 300 g/mol. The standard InChI is InChI=1S/C20H22N2O2/c23-20(21-19-14-22-12-10-15(19)11-13-22)16-6-8-18(9-7-16)24-17-4-2-1-3-5-17/h1-9,15,19H,10-14H2,(H,21,23)/t19-/m0/s1. The molecule has 3 saturated heterocycles. The average molecular weight is 322 g/mol. The lowest BCUT2D eigenvalue weighted by molar-refractivity contribution is 0.0620. The van der Waals surface area contributed by atoms with E-state index < -0.39 is 0 Å². The zero-order chi connectivity index (χ0) is 16.4. The van der Waals surface area contributed by atoms with Crippen LogP contribution in [0.4, 0.5) is 0 Å². The molecule has 5 rings (SSSR count). The molecule has 2 aromatic carbocycles. The van der Waals surface area contributed by atoms with E-state index >= 15 is 0 Å². The Morgan fingerprint density at radius 3 is 2.25 bits per heavy atom. The zero-order valence-electron chi connectivity index (χ0n) is 13.7. The van der Waals surface area contributed by atoms with Gasteiger partial charge in [-0.25, -0.2) is 0 Å². The number of amides is 1. The maximum absolute atomic E-state index is 12.5. The fourth-order valence-corrected chi connectivity index (χ4v) is 3.68. The number of carbonyl (C=O) groups is 1.